The highest BCUT2D eigenvalue weighted by Crippen LogP contribution is 2.49. The van der Waals surface area contributed by atoms with Gasteiger partial charge in [-0.1, -0.05) is 6.42 Å². The highest BCUT2D eigenvalue weighted by Gasteiger charge is 2.50. The van der Waals surface area contributed by atoms with Crippen molar-refractivity contribution in [3.8, 4) is 0 Å². The van der Waals surface area contributed by atoms with Crippen LogP contribution < -0.4 is 0 Å². The van der Waals surface area contributed by atoms with Crippen LogP contribution in [0.2, 0.25) is 0 Å². The van der Waals surface area contributed by atoms with Gasteiger partial charge in [0.15, 0.2) is 0 Å². The fourth-order valence-electron chi connectivity index (χ4n) is 4.37. The summed E-state index contributed by atoms with van der Waals surface area (Å²) in [7, 11) is 0. The van der Waals surface area contributed by atoms with Crippen LogP contribution in [0.5, 0.6) is 0 Å². The van der Waals surface area contributed by atoms with E-state index in [-0.39, 0.29) is 11.3 Å². The van der Waals surface area contributed by atoms with Crippen molar-refractivity contribution >= 4 is 17.2 Å². The molecular formula is C20H24N2O2S. The van der Waals surface area contributed by atoms with Crippen LogP contribution in [0, 0.1) is 11.3 Å². The maximum Gasteiger partial charge on any atom is 0.227 e. The number of rotatable bonds is 6. The standard InChI is InChI=1S/C20H24N2O2S/c23-19(10-17-5-9-25-13-17)22-11-18-2-1-6-20(18,14-22)15-24-12-16-3-7-21-8-4-16/h3-5,7-9,13,18H,1-2,6,10-12,14-15H2/t18-,20+/m1/s1. The summed E-state index contributed by atoms with van der Waals surface area (Å²) >= 11 is 1.65. The number of pyridine rings is 1. The summed E-state index contributed by atoms with van der Waals surface area (Å²) in [5.74, 6) is 0.859. The smallest absolute Gasteiger partial charge is 0.227 e. The Labute approximate surface area is 152 Å². The Hall–Kier alpha value is -1.72. The van der Waals surface area contributed by atoms with Gasteiger partial charge in [-0.05, 0) is 58.8 Å². The first-order chi connectivity index (χ1) is 12.3. The Morgan fingerprint density at radius 3 is 3.00 bits per heavy atom. The van der Waals surface area contributed by atoms with Gasteiger partial charge in [0.25, 0.3) is 0 Å². The minimum Gasteiger partial charge on any atom is -0.376 e. The van der Waals surface area contributed by atoms with Gasteiger partial charge in [-0.15, -0.1) is 0 Å². The number of carbonyl (C=O) groups is 1. The quantitative estimate of drug-likeness (QED) is 0.795. The molecule has 2 aromatic heterocycles. The molecule has 0 aromatic carbocycles. The van der Waals surface area contributed by atoms with Crippen molar-refractivity contribution in [3.63, 3.8) is 0 Å². The summed E-state index contributed by atoms with van der Waals surface area (Å²) in [6.45, 7) is 3.14. The third kappa shape index (κ3) is 3.62. The molecule has 2 aromatic rings. The topological polar surface area (TPSA) is 42.4 Å². The third-order valence-electron chi connectivity index (χ3n) is 5.74. The molecular weight excluding hydrogens is 332 g/mol. The molecule has 1 saturated heterocycles. The summed E-state index contributed by atoms with van der Waals surface area (Å²) < 4.78 is 6.08. The van der Waals surface area contributed by atoms with E-state index >= 15 is 0 Å². The normalized spacial score (nSPS) is 25.3. The number of hydrogen-bond donors (Lipinski definition) is 0. The molecule has 3 heterocycles. The average Bonchev–Trinajstić information content (AvgIpc) is 3.31. The molecule has 132 valence electrons. The van der Waals surface area contributed by atoms with Crippen LogP contribution in [-0.4, -0.2) is 35.5 Å². The molecule has 4 rings (SSSR count). The molecule has 25 heavy (non-hydrogen) atoms. The minimum absolute atomic E-state index is 0.164. The van der Waals surface area contributed by atoms with E-state index in [0.717, 1.165) is 30.8 Å². The van der Waals surface area contributed by atoms with Crippen molar-refractivity contribution in [2.45, 2.75) is 32.3 Å². The summed E-state index contributed by atoms with van der Waals surface area (Å²) in [6, 6.07) is 6.04. The van der Waals surface area contributed by atoms with Gasteiger partial charge in [0, 0.05) is 30.9 Å². The molecule has 0 unspecified atom stereocenters. The number of carbonyl (C=O) groups excluding carboxylic acids is 1. The van der Waals surface area contributed by atoms with Crippen molar-refractivity contribution < 1.29 is 9.53 Å². The maximum atomic E-state index is 12.7. The lowest BCUT2D eigenvalue weighted by Crippen LogP contribution is -2.35. The zero-order chi connectivity index (χ0) is 17.1. The van der Waals surface area contributed by atoms with Crippen molar-refractivity contribution in [1.29, 1.82) is 0 Å². The van der Waals surface area contributed by atoms with Crippen molar-refractivity contribution in [2.24, 2.45) is 11.3 Å². The predicted octanol–water partition coefficient (Wildman–Crippen LogP) is 3.53. The molecule has 0 radical (unpaired) electrons. The Kier molecular flexibility index (Phi) is 4.86. The zero-order valence-electron chi connectivity index (χ0n) is 14.4. The van der Waals surface area contributed by atoms with E-state index in [9.17, 15) is 4.79 Å². The third-order valence-corrected chi connectivity index (χ3v) is 6.47. The van der Waals surface area contributed by atoms with E-state index in [1.54, 1.807) is 23.7 Å². The molecule has 0 bridgehead atoms. The average molecular weight is 356 g/mol. The summed E-state index contributed by atoms with van der Waals surface area (Å²) in [5.41, 5.74) is 2.46. The lowest BCUT2D eigenvalue weighted by atomic mass is 9.81. The largest absolute Gasteiger partial charge is 0.376 e. The minimum atomic E-state index is 0.164. The van der Waals surface area contributed by atoms with Crippen molar-refractivity contribution in [3.05, 3.63) is 52.5 Å². The number of thiophene rings is 1. The van der Waals surface area contributed by atoms with Gasteiger partial charge in [-0.25, -0.2) is 0 Å². The Bertz CT molecular complexity index is 704. The second-order valence-electron chi connectivity index (χ2n) is 7.38. The monoisotopic (exact) mass is 356 g/mol. The lowest BCUT2D eigenvalue weighted by Gasteiger charge is -2.28. The molecule has 4 nitrogen and oxygen atoms in total. The predicted molar refractivity (Wildman–Crippen MR) is 98.3 cm³/mol. The number of amides is 1. The van der Waals surface area contributed by atoms with E-state index in [1.165, 1.54) is 19.3 Å². The number of hydrogen-bond acceptors (Lipinski definition) is 4. The van der Waals surface area contributed by atoms with Crippen LogP contribution in [0.15, 0.2) is 41.4 Å². The van der Waals surface area contributed by atoms with Crippen LogP contribution in [0.3, 0.4) is 0 Å². The van der Waals surface area contributed by atoms with Crippen LogP contribution >= 0.6 is 11.3 Å². The second kappa shape index (κ2) is 7.26. The summed E-state index contributed by atoms with van der Waals surface area (Å²) in [6.07, 6.45) is 7.79. The Morgan fingerprint density at radius 1 is 1.32 bits per heavy atom. The van der Waals surface area contributed by atoms with Gasteiger partial charge in [-0.3, -0.25) is 9.78 Å². The van der Waals surface area contributed by atoms with Gasteiger partial charge < -0.3 is 9.64 Å². The van der Waals surface area contributed by atoms with Gasteiger partial charge in [0.05, 0.1) is 19.6 Å². The SMILES string of the molecule is O=C(Cc1ccsc1)N1C[C@H]2CCC[C@@]2(COCc2ccncc2)C1. The number of likely N-dealkylation sites (tertiary alicyclic amines) is 1. The zero-order valence-corrected chi connectivity index (χ0v) is 15.2. The van der Waals surface area contributed by atoms with E-state index < -0.39 is 0 Å². The first kappa shape index (κ1) is 16.7. The van der Waals surface area contributed by atoms with Crippen LogP contribution in [-0.2, 0) is 22.6 Å². The van der Waals surface area contributed by atoms with Crippen LogP contribution in [0.4, 0.5) is 0 Å². The molecule has 1 saturated carbocycles. The number of nitrogens with zero attached hydrogens (tertiary/aromatic N) is 2. The molecule has 2 fully saturated rings. The van der Waals surface area contributed by atoms with Crippen molar-refractivity contribution in [1.82, 2.24) is 9.88 Å². The first-order valence-corrected chi connectivity index (χ1v) is 9.95. The van der Waals surface area contributed by atoms with E-state index in [0.29, 0.717) is 18.9 Å². The van der Waals surface area contributed by atoms with Crippen LogP contribution in [0.25, 0.3) is 0 Å². The van der Waals surface area contributed by atoms with Gasteiger partial charge in [0.1, 0.15) is 0 Å². The molecule has 1 amide bonds. The van der Waals surface area contributed by atoms with E-state index in [2.05, 4.69) is 15.3 Å². The second-order valence-corrected chi connectivity index (χ2v) is 8.16. The molecule has 0 spiro atoms. The van der Waals surface area contributed by atoms with Gasteiger partial charge in [-0.2, -0.15) is 11.3 Å². The molecule has 1 aliphatic heterocycles. The Morgan fingerprint density at radius 2 is 2.20 bits per heavy atom. The molecule has 2 aliphatic rings. The van der Waals surface area contributed by atoms with Crippen molar-refractivity contribution in [2.75, 3.05) is 19.7 Å². The fraction of sp³-hybridized carbons (Fsp3) is 0.500. The van der Waals surface area contributed by atoms with Gasteiger partial charge >= 0.3 is 0 Å². The fourth-order valence-corrected chi connectivity index (χ4v) is 5.04. The maximum absolute atomic E-state index is 12.7. The summed E-state index contributed by atoms with van der Waals surface area (Å²) in [5, 5.41) is 4.11. The number of aromatic nitrogens is 1. The molecule has 5 heteroatoms. The first-order valence-electron chi connectivity index (χ1n) is 9.01. The molecule has 1 aliphatic carbocycles. The number of fused-ring (bicyclic) bond motifs is 1. The Balaban J connectivity index is 1.36. The van der Waals surface area contributed by atoms with E-state index in [1.807, 2.05) is 23.6 Å². The van der Waals surface area contributed by atoms with E-state index in [4.69, 9.17) is 4.74 Å². The summed E-state index contributed by atoms with van der Waals surface area (Å²) in [4.78, 5) is 18.8. The molecule has 2 atom stereocenters. The number of ether oxygens (including phenoxy) is 1. The van der Waals surface area contributed by atoms with Crippen LogP contribution in [0.1, 0.15) is 30.4 Å². The lowest BCUT2D eigenvalue weighted by molar-refractivity contribution is -0.130. The van der Waals surface area contributed by atoms with Gasteiger partial charge in [0.2, 0.25) is 5.91 Å². The highest BCUT2D eigenvalue weighted by molar-refractivity contribution is 7.08. The highest BCUT2D eigenvalue weighted by atomic mass is 32.1. The molecule has 0 N–H and O–H groups in total.